The van der Waals surface area contributed by atoms with Crippen molar-refractivity contribution in [3.8, 4) is 22.8 Å². The highest BCUT2D eigenvalue weighted by atomic mass is 35.5. The molecule has 6 rings (SSSR count). The molecule has 5 heterocycles. The number of nitrogens with one attached hydrogen (secondary N) is 1. The van der Waals surface area contributed by atoms with Crippen LogP contribution >= 0.6 is 11.6 Å². The summed E-state index contributed by atoms with van der Waals surface area (Å²) in [7, 11) is 0. The van der Waals surface area contributed by atoms with Crippen molar-refractivity contribution in [2.45, 2.75) is 31.0 Å². The average molecular weight is 475 g/mol. The molecule has 33 heavy (non-hydrogen) atoms. The van der Waals surface area contributed by atoms with Gasteiger partial charge >= 0.3 is 0 Å². The number of hydrogen-bond acceptors (Lipinski definition) is 7. The Kier molecular flexibility index (Phi) is 5.08. The van der Waals surface area contributed by atoms with Crippen LogP contribution in [0, 0.1) is 5.82 Å². The zero-order valence-corrected chi connectivity index (χ0v) is 18.6. The van der Waals surface area contributed by atoms with Crippen molar-refractivity contribution in [2.24, 2.45) is 0 Å². The van der Waals surface area contributed by atoms with Gasteiger partial charge in [-0.2, -0.15) is 0 Å². The van der Waals surface area contributed by atoms with Crippen LogP contribution in [0.1, 0.15) is 23.2 Å². The molecule has 0 aliphatic carbocycles. The minimum Gasteiger partial charge on any atom is -0.507 e. The number of ether oxygens (including phenoxy) is 2. The molecular weight excluding hydrogens is 451 g/mol. The van der Waals surface area contributed by atoms with E-state index in [2.05, 4.69) is 10.2 Å². The van der Waals surface area contributed by atoms with Crippen LogP contribution in [0.2, 0.25) is 5.02 Å². The van der Waals surface area contributed by atoms with Crippen molar-refractivity contribution in [2.75, 3.05) is 44.4 Å². The summed E-state index contributed by atoms with van der Waals surface area (Å²) in [5.41, 5.74) is 0.271. The Morgan fingerprint density at radius 2 is 1.94 bits per heavy atom. The van der Waals surface area contributed by atoms with Crippen LogP contribution in [0.5, 0.6) is 11.5 Å². The SMILES string of the molecule is O=C1c2c(N3[C@@H]4CC[C@H]3COC4)nc(-c3c(O)cccc3F)c(Cl)c2OC[C@H]2CNCCN12. The smallest absolute Gasteiger partial charge is 0.261 e. The lowest BCUT2D eigenvalue weighted by Crippen LogP contribution is -2.55. The maximum atomic E-state index is 14.9. The Hall–Kier alpha value is -2.62. The largest absolute Gasteiger partial charge is 0.507 e. The molecule has 2 aromatic rings. The second-order valence-corrected chi connectivity index (χ2v) is 9.31. The lowest BCUT2D eigenvalue weighted by molar-refractivity contribution is 0.0605. The fourth-order valence-corrected chi connectivity index (χ4v) is 5.72. The van der Waals surface area contributed by atoms with E-state index in [0.717, 1.165) is 12.8 Å². The third-order valence-corrected chi connectivity index (χ3v) is 7.38. The highest BCUT2D eigenvalue weighted by molar-refractivity contribution is 6.35. The second kappa shape index (κ2) is 8.00. The van der Waals surface area contributed by atoms with Crippen molar-refractivity contribution in [1.29, 1.82) is 0 Å². The van der Waals surface area contributed by atoms with Crippen LogP contribution in [0.15, 0.2) is 18.2 Å². The van der Waals surface area contributed by atoms with E-state index in [9.17, 15) is 14.3 Å². The molecule has 174 valence electrons. The molecule has 3 fully saturated rings. The van der Waals surface area contributed by atoms with Gasteiger partial charge in [0.05, 0.1) is 36.9 Å². The third kappa shape index (κ3) is 3.25. The van der Waals surface area contributed by atoms with E-state index in [0.29, 0.717) is 44.2 Å². The highest BCUT2D eigenvalue weighted by Crippen LogP contribution is 2.47. The van der Waals surface area contributed by atoms with E-state index in [1.807, 2.05) is 4.90 Å². The zero-order chi connectivity index (χ0) is 22.7. The van der Waals surface area contributed by atoms with Gasteiger partial charge in [0, 0.05) is 19.6 Å². The number of aromatic hydroxyl groups is 1. The zero-order valence-electron chi connectivity index (χ0n) is 17.9. The van der Waals surface area contributed by atoms with Gasteiger partial charge in [-0.15, -0.1) is 0 Å². The number of nitrogens with zero attached hydrogens (tertiary/aromatic N) is 3. The van der Waals surface area contributed by atoms with E-state index in [-0.39, 0.29) is 58.4 Å². The number of phenols is 1. The number of halogens is 2. The molecule has 8 nitrogen and oxygen atoms in total. The summed E-state index contributed by atoms with van der Waals surface area (Å²) >= 11 is 6.74. The number of piperazine rings is 1. The average Bonchev–Trinajstić information content (AvgIpc) is 2.97. The molecule has 0 saturated carbocycles. The van der Waals surface area contributed by atoms with Crippen LogP contribution < -0.4 is 15.0 Å². The number of rotatable bonds is 2. The summed E-state index contributed by atoms with van der Waals surface area (Å²) in [6.45, 7) is 3.17. The number of hydrogen-bond donors (Lipinski definition) is 2. The lowest BCUT2D eigenvalue weighted by Gasteiger charge is -2.38. The summed E-state index contributed by atoms with van der Waals surface area (Å²) in [5.74, 6) is -0.492. The molecule has 0 spiro atoms. The summed E-state index contributed by atoms with van der Waals surface area (Å²) in [4.78, 5) is 22.5. The summed E-state index contributed by atoms with van der Waals surface area (Å²) in [6, 6.07) is 4.01. The van der Waals surface area contributed by atoms with Gasteiger partial charge in [-0.3, -0.25) is 4.79 Å². The maximum Gasteiger partial charge on any atom is 0.261 e. The number of carbonyl (C=O) groups excluding carboxylic acids is 1. The maximum absolute atomic E-state index is 14.9. The lowest BCUT2D eigenvalue weighted by atomic mass is 10.0. The van der Waals surface area contributed by atoms with E-state index in [1.54, 1.807) is 0 Å². The minimum atomic E-state index is -0.651. The number of benzene rings is 1. The predicted octanol–water partition coefficient (Wildman–Crippen LogP) is 2.42. The van der Waals surface area contributed by atoms with Gasteiger partial charge in [-0.1, -0.05) is 17.7 Å². The molecule has 0 unspecified atom stereocenters. The number of amides is 1. The van der Waals surface area contributed by atoms with Gasteiger partial charge in [0.2, 0.25) is 0 Å². The number of aromatic nitrogens is 1. The second-order valence-electron chi connectivity index (χ2n) is 8.93. The molecule has 2 bridgehead atoms. The Morgan fingerprint density at radius 1 is 1.15 bits per heavy atom. The van der Waals surface area contributed by atoms with Crippen molar-refractivity contribution in [1.82, 2.24) is 15.2 Å². The first kappa shape index (κ1) is 20.9. The van der Waals surface area contributed by atoms with E-state index in [1.165, 1.54) is 18.2 Å². The quantitative estimate of drug-likeness (QED) is 0.691. The van der Waals surface area contributed by atoms with Gasteiger partial charge in [-0.05, 0) is 25.0 Å². The Morgan fingerprint density at radius 3 is 2.70 bits per heavy atom. The van der Waals surface area contributed by atoms with E-state index < -0.39 is 5.82 Å². The van der Waals surface area contributed by atoms with E-state index >= 15 is 0 Å². The third-order valence-electron chi connectivity index (χ3n) is 7.03. The first-order valence-corrected chi connectivity index (χ1v) is 11.6. The van der Waals surface area contributed by atoms with Crippen molar-refractivity contribution in [3.05, 3.63) is 34.6 Å². The molecule has 4 aliphatic heterocycles. The Bertz CT molecular complexity index is 1100. The monoisotopic (exact) mass is 474 g/mol. The van der Waals surface area contributed by atoms with Crippen molar-refractivity contribution >= 4 is 23.3 Å². The Balaban J connectivity index is 1.60. The number of morpholine rings is 1. The van der Waals surface area contributed by atoms with Gasteiger partial charge in [0.15, 0.2) is 5.75 Å². The first-order chi connectivity index (χ1) is 16.0. The van der Waals surface area contributed by atoms with Crippen molar-refractivity contribution < 1.29 is 23.8 Å². The molecule has 1 aromatic heterocycles. The van der Waals surface area contributed by atoms with Crippen LogP contribution in [-0.4, -0.2) is 78.5 Å². The molecule has 10 heteroatoms. The van der Waals surface area contributed by atoms with Crippen LogP contribution in [0.25, 0.3) is 11.3 Å². The van der Waals surface area contributed by atoms with Crippen LogP contribution in [0.4, 0.5) is 10.2 Å². The number of pyridine rings is 1. The van der Waals surface area contributed by atoms with Crippen LogP contribution in [-0.2, 0) is 4.74 Å². The number of fused-ring (bicyclic) bond motifs is 4. The van der Waals surface area contributed by atoms with E-state index in [4.69, 9.17) is 26.1 Å². The molecular formula is C23H24ClFN4O4. The molecule has 3 saturated heterocycles. The molecule has 0 radical (unpaired) electrons. The molecule has 2 N–H and O–H groups in total. The Labute approximate surface area is 195 Å². The summed E-state index contributed by atoms with van der Waals surface area (Å²) in [5, 5.41) is 13.8. The number of anilines is 1. The molecule has 4 aliphatic rings. The topological polar surface area (TPSA) is 87.2 Å². The van der Waals surface area contributed by atoms with Gasteiger partial charge in [0.25, 0.3) is 5.91 Å². The van der Waals surface area contributed by atoms with Gasteiger partial charge in [0.1, 0.15) is 40.3 Å². The molecule has 1 amide bonds. The fraction of sp³-hybridized carbons (Fsp3) is 0.478. The van der Waals surface area contributed by atoms with Gasteiger partial charge < -0.3 is 29.7 Å². The minimum absolute atomic E-state index is 0.0240. The standard InChI is InChI=1S/C23H24ClFN4O4/c24-19-20(17-15(25)2-1-3-16(17)30)27-22(29-12-4-5-13(29)10-32-9-12)18-21(19)33-11-14-8-26-6-7-28(14)23(18)31/h1-3,12-14,26,30H,4-11H2/t12-,13+,14-/m1/s1. The fourth-order valence-electron chi connectivity index (χ4n) is 5.43. The summed E-state index contributed by atoms with van der Waals surface area (Å²) in [6.07, 6.45) is 1.82. The molecule has 3 atom stereocenters. The molecule has 1 aromatic carbocycles. The number of phenolic OH excluding ortho intramolecular Hbond substituents is 1. The normalized spacial score (nSPS) is 26.5. The predicted molar refractivity (Wildman–Crippen MR) is 120 cm³/mol. The first-order valence-electron chi connectivity index (χ1n) is 11.3. The van der Waals surface area contributed by atoms with Crippen molar-refractivity contribution in [3.63, 3.8) is 0 Å². The van der Waals surface area contributed by atoms with Crippen LogP contribution in [0.3, 0.4) is 0 Å². The summed E-state index contributed by atoms with van der Waals surface area (Å²) < 4.78 is 26.8. The number of carbonyl (C=O) groups is 1. The highest BCUT2D eigenvalue weighted by Gasteiger charge is 2.44. The van der Waals surface area contributed by atoms with Gasteiger partial charge in [-0.25, -0.2) is 9.37 Å².